The summed E-state index contributed by atoms with van der Waals surface area (Å²) in [5.74, 6) is -0.160. The first-order valence-corrected chi connectivity index (χ1v) is 9.42. The second kappa shape index (κ2) is 6.74. The van der Waals surface area contributed by atoms with Gasteiger partial charge in [-0.05, 0) is 57.0 Å². The molecule has 1 aliphatic rings. The fourth-order valence-electron chi connectivity index (χ4n) is 3.71. The molecule has 0 radical (unpaired) electrons. The molecule has 7 heteroatoms. The highest BCUT2D eigenvalue weighted by atomic mass is 16.2. The lowest BCUT2D eigenvalue weighted by Gasteiger charge is -2.15. The van der Waals surface area contributed by atoms with Gasteiger partial charge in [-0.3, -0.25) is 9.59 Å². The lowest BCUT2D eigenvalue weighted by molar-refractivity contribution is -0.116. The molecule has 7 nitrogen and oxygen atoms in total. The number of anilines is 2. The molecule has 0 unspecified atom stereocenters. The molecule has 0 bridgehead atoms. The van der Waals surface area contributed by atoms with Crippen molar-refractivity contribution in [2.75, 3.05) is 16.8 Å². The Morgan fingerprint density at radius 2 is 2.00 bits per heavy atom. The normalized spacial score (nSPS) is 13.2. The van der Waals surface area contributed by atoms with Gasteiger partial charge in [-0.1, -0.05) is 0 Å². The fourth-order valence-corrected chi connectivity index (χ4v) is 3.71. The molecule has 0 saturated carbocycles. The zero-order chi connectivity index (χ0) is 20.0. The van der Waals surface area contributed by atoms with Gasteiger partial charge in [0.05, 0.1) is 17.1 Å². The summed E-state index contributed by atoms with van der Waals surface area (Å²) in [5, 5.41) is 8.11. The van der Waals surface area contributed by atoms with Crippen molar-refractivity contribution in [3.8, 4) is 0 Å². The van der Waals surface area contributed by atoms with Crippen molar-refractivity contribution in [2.45, 2.75) is 40.2 Å². The molecule has 2 amide bonds. The summed E-state index contributed by atoms with van der Waals surface area (Å²) in [6.45, 7) is 8.19. The van der Waals surface area contributed by atoms with Crippen LogP contribution in [0.2, 0.25) is 0 Å². The Labute approximate surface area is 163 Å². The number of carbonyl (C=O) groups excluding carboxylic acids is 2. The number of hydrogen-bond acceptors (Lipinski definition) is 4. The van der Waals surface area contributed by atoms with Gasteiger partial charge in [0.1, 0.15) is 0 Å². The summed E-state index contributed by atoms with van der Waals surface area (Å²) in [7, 11) is 0. The van der Waals surface area contributed by atoms with Gasteiger partial charge in [0.25, 0.3) is 5.91 Å². The van der Waals surface area contributed by atoms with Crippen LogP contribution in [0.15, 0.2) is 30.5 Å². The molecule has 1 N–H and O–H groups in total. The number of nitrogens with one attached hydrogen (secondary N) is 1. The first-order valence-electron chi connectivity index (χ1n) is 9.42. The first kappa shape index (κ1) is 18.2. The highest BCUT2D eigenvalue weighted by molar-refractivity contribution is 6.12. The average molecular weight is 377 g/mol. The summed E-state index contributed by atoms with van der Waals surface area (Å²) in [6.07, 6.45) is 2.49. The third kappa shape index (κ3) is 3.02. The number of nitrogens with zero attached hydrogens (tertiary/aromatic N) is 4. The molecule has 1 aliphatic heterocycles. The lowest BCUT2D eigenvalue weighted by atomic mass is 10.1. The fraction of sp³-hybridized carbons (Fsp3) is 0.333. The number of pyridine rings is 1. The van der Waals surface area contributed by atoms with E-state index in [0.29, 0.717) is 23.4 Å². The maximum atomic E-state index is 13.0. The van der Waals surface area contributed by atoms with Gasteiger partial charge in [0.2, 0.25) is 5.91 Å². The molecule has 0 atom stereocenters. The van der Waals surface area contributed by atoms with E-state index in [4.69, 9.17) is 0 Å². The maximum Gasteiger partial charge on any atom is 0.256 e. The minimum Gasteiger partial charge on any atom is -0.322 e. The Morgan fingerprint density at radius 3 is 2.71 bits per heavy atom. The Kier molecular flexibility index (Phi) is 4.37. The Bertz CT molecular complexity index is 1100. The summed E-state index contributed by atoms with van der Waals surface area (Å²) in [5.41, 5.74) is 4.74. The van der Waals surface area contributed by atoms with Crippen LogP contribution in [0.4, 0.5) is 11.4 Å². The smallest absolute Gasteiger partial charge is 0.256 e. The van der Waals surface area contributed by atoms with Gasteiger partial charge in [-0.15, -0.1) is 0 Å². The SMILES string of the molecule is CC(=O)N1CCc2cc(NC(=O)c3cc(C)nc4c3cnn4C(C)C)ccc21. The molecule has 144 valence electrons. The molecule has 0 spiro atoms. The quantitative estimate of drug-likeness (QED) is 0.758. The molecule has 4 rings (SSSR count). The van der Waals surface area contributed by atoms with E-state index in [1.54, 1.807) is 24.1 Å². The molecule has 1 aromatic carbocycles. The largest absolute Gasteiger partial charge is 0.322 e. The van der Waals surface area contributed by atoms with Gasteiger partial charge in [-0.25, -0.2) is 9.67 Å². The second-order valence-corrected chi connectivity index (χ2v) is 7.45. The standard InChI is InChI=1S/C21H23N5O2/c1-12(2)26-20-18(11-22-26)17(9-13(3)23-20)21(28)24-16-5-6-19-15(10-16)7-8-25(19)14(4)27/h5-6,9-12H,7-8H2,1-4H3,(H,24,28). The van der Waals surface area contributed by atoms with Gasteiger partial charge < -0.3 is 10.2 Å². The van der Waals surface area contributed by atoms with Crippen molar-refractivity contribution in [2.24, 2.45) is 0 Å². The Balaban J connectivity index is 1.66. The first-order chi connectivity index (χ1) is 13.3. The van der Waals surface area contributed by atoms with Crippen LogP contribution in [0.5, 0.6) is 0 Å². The summed E-state index contributed by atoms with van der Waals surface area (Å²) < 4.78 is 1.82. The lowest BCUT2D eigenvalue weighted by Crippen LogP contribution is -2.25. The number of aromatic nitrogens is 3. The highest BCUT2D eigenvalue weighted by Gasteiger charge is 2.23. The average Bonchev–Trinajstić information content (AvgIpc) is 3.24. The summed E-state index contributed by atoms with van der Waals surface area (Å²) in [6, 6.07) is 7.61. The molecule has 0 aliphatic carbocycles. The van der Waals surface area contributed by atoms with Gasteiger partial charge >= 0.3 is 0 Å². The third-order valence-electron chi connectivity index (χ3n) is 5.04. The van der Waals surface area contributed by atoms with Crippen LogP contribution in [0.3, 0.4) is 0 Å². The van der Waals surface area contributed by atoms with Crippen molar-refractivity contribution in [1.29, 1.82) is 0 Å². The topological polar surface area (TPSA) is 80.1 Å². The predicted octanol–water partition coefficient (Wildman–Crippen LogP) is 3.48. The number of rotatable bonds is 3. The third-order valence-corrected chi connectivity index (χ3v) is 5.04. The van der Waals surface area contributed by atoms with E-state index in [-0.39, 0.29) is 17.9 Å². The van der Waals surface area contributed by atoms with Crippen LogP contribution in [0.1, 0.15) is 48.4 Å². The van der Waals surface area contributed by atoms with E-state index in [1.807, 2.05) is 43.7 Å². The minimum atomic E-state index is -0.194. The van der Waals surface area contributed by atoms with Crippen LogP contribution >= 0.6 is 0 Å². The van der Waals surface area contributed by atoms with E-state index in [2.05, 4.69) is 15.4 Å². The van der Waals surface area contributed by atoms with E-state index < -0.39 is 0 Å². The maximum absolute atomic E-state index is 13.0. The molecule has 3 heterocycles. The summed E-state index contributed by atoms with van der Waals surface area (Å²) >= 11 is 0. The number of benzene rings is 1. The zero-order valence-electron chi connectivity index (χ0n) is 16.5. The van der Waals surface area contributed by atoms with Crippen LogP contribution in [-0.2, 0) is 11.2 Å². The number of fused-ring (bicyclic) bond motifs is 2. The summed E-state index contributed by atoms with van der Waals surface area (Å²) in [4.78, 5) is 31.0. The van der Waals surface area contributed by atoms with Gasteiger partial charge in [-0.2, -0.15) is 5.10 Å². The van der Waals surface area contributed by atoms with Crippen LogP contribution in [-0.4, -0.2) is 33.1 Å². The Hall–Kier alpha value is -3.22. The van der Waals surface area contributed by atoms with E-state index in [0.717, 1.165) is 28.8 Å². The second-order valence-electron chi connectivity index (χ2n) is 7.45. The van der Waals surface area contributed by atoms with Crippen molar-refractivity contribution in [3.63, 3.8) is 0 Å². The number of carbonyl (C=O) groups is 2. The Morgan fingerprint density at radius 1 is 1.21 bits per heavy atom. The molecule has 28 heavy (non-hydrogen) atoms. The molecule has 2 aromatic heterocycles. The highest BCUT2D eigenvalue weighted by Crippen LogP contribution is 2.31. The monoisotopic (exact) mass is 377 g/mol. The van der Waals surface area contributed by atoms with E-state index in [9.17, 15) is 9.59 Å². The van der Waals surface area contributed by atoms with Crippen molar-refractivity contribution in [1.82, 2.24) is 14.8 Å². The zero-order valence-corrected chi connectivity index (χ0v) is 16.5. The molecule has 0 saturated heterocycles. The number of aryl methyl sites for hydroxylation is 1. The van der Waals surface area contributed by atoms with Crippen molar-refractivity contribution >= 4 is 34.2 Å². The predicted molar refractivity (Wildman–Crippen MR) is 109 cm³/mol. The van der Waals surface area contributed by atoms with Gasteiger partial charge in [0, 0.05) is 36.6 Å². The van der Waals surface area contributed by atoms with Crippen LogP contribution in [0.25, 0.3) is 11.0 Å². The van der Waals surface area contributed by atoms with Crippen LogP contribution < -0.4 is 10.2 Å². The van der Waals surface area contributed by atoms with E-state index >= 15 is 0 Å². The molecule has 3 aromatic rings. The van der Waals surface area contributed by atoms with Gasteiger partial charge in [0.15, 0.2) is 5.65 Å². The van der Waals surface area contributed by atoms with Crippen molar-refractivity contribution < 1.29 is 9.59 Å². The van der Waals surface area contributed by atoms with Crippen molar-refractivity contribution in [3.05, 3.63) is 47.3 Å². The number of amides is 2. The molecule has 0 fully saturated rings. The minimum absolute atomic E-state index is 0.0346. The number of hydrogen-bond donors (Lipinski definition) is 1. The molecular formula is C21H23N5O2. The van der Waals surface area contributed by atoms with E-state index in [1.165, 1.54) is 0 Å². The van der Waals surface area contributed by atoms with Crippen LogP contribution in [0, 0.1) is 6.92 Å². The molecular weight excluding hydrogens is 354 g/mol.